The van der Waals surface area contributed by atoms with Crippen LogP contribution in [-0.4, -0.2) is 41.4 Å². The Labute approximate surface area is 175 Å². The Balaban J connectivity index is 1.53. The number of aryl methyl sites for hydroxylation is 1. The fourth-order valence-corrected chi connectivity index (χ4v) is 3.92. The number of rotatable bonds is 5. The van der Waals surface area contributed by atoms with E-state index in [0.29, 0.717) is 17.8 Å². The van der Waals surface area contributed by atoms with Crippen molar-refractivity contribution < 1.29 is 14.4 Å². The molecule has 2 aromatic carbocycles. The zero-order valence-corrected chi connectivity index (χ0v) is 17.2. The van der Waals surface area contributed by atoms with Crippen LogP contribution in [0.15, 0.2) is 63.3 Å². The molecule has 1 N–H and O–H groups in total. The maximum Gasteiger partial charge on any atom is 0.263 e. The molecule has 4 rings (SSSR count). The van der Waals surface area contributed by atoms with Gasteiger partial charge in [0, 0.05) is 10.2 Å². The van der Waals surface area contributed by atoms with Gasteiger partial charge in [0.2, 0.25) is 5.91 Å². The molecule has 3 amide bonds. The number of para-hydroxylation sites is 1. The van der Waals surface area contributed by atoms with Gasteiger partial charge in [-0.2, -0.15) is 5.11 Å². The molecular formula is C20H18BrN5O3. The molecule has 2 aliphatic rings. The molecule has 2 unspecified atom stereocenters. The molecule has 2 atom stereocenters. The van der Waals surface area contributed by atoms with Crippen molar-refractivity contribution in [2.24, 2.45) is 10.3 Å². The minimum absolute atomic E-state index is 0.173. The van der Waals surface area contributed by atoms with E-state index in [1.807, 2.05) is 31.2 Å². The summed E-state index contributed by atoms with van der Waals surface area (Å²) in [6.07, 6.45) is 0.659. The zero-order valence-electron chi connectivity index (χ0n) is 15.6. The van der Waals surface area contributed by atoms with Crippen molar-refractivity contribution in [2.75, 3.05) is 16.8 Å². The second-order valence-corrected chi connectivity index (χ2v) is 7.66. The highest BCUT2D eigenvalue weighted by molar-refractivity contribution is 9.10. The van der Waals surface area contributed by atoms with Crippen LogP contribution in [0.4, 0.5) is 11.4 Å². The molecule has 0 aliphatic carbocycles. The lowest BCUT2D eigenvalue weighted by Gasteiger charge is -2.21. The second kappa shape index (κ2) is 7.75. The zero-order chi connectivity index (χ0) is 20.5. The van der Waals surface area contributed by atoms with E-state index in [2.05, 4.69) is 31.6 Å². The predicted octanol–water partition coefficient (Wildman–Crippen LogP) is 2.94. The molecule has 1 fully saturated rings. The van der Waals surface area contributed by atoms with E-state index in [0.717, 1.165) is 10.0 Å². The van der Waals surface area contributed by atoms with Crippen molar-refractivity contribution in [3.63, 3.8) is 0 Å². The maximum absolute atomic E-state index is 13.1. The van der Waals surface area contributed by atoms with E-state index in [1.54, 1.807) is 24.3 Å². The van der Waals surface area contributed by atoms with Gasteiger partial charge in [-0.3, -0.25) is 19.4 Å². The largest absolute Gasteiger partial charge is 0.324 e. The van der Waals surface area contributed by atoms with Crippen LogP contribution in [0.5, 0.6) is 0 Å². The molecule has 2 heterocycles. The Hall–Kier alpha value is -3.07. The van der Waals surface area contributed by atoms with Crippen molar-refractivity contribution in [1.29, 1.82) is 0 Å². The van der Waals surface area contributed by atoms with Gasteiger partial charge in [-0.1, -0.05) is 46.3 Å². The third kappa shape index (κ3) is 3.53. The third-order valence-corrected chi connectivity index (χ3v) is 5.38. The lowest BCUT2D eigenvalue weighted by atomic mass is 10.1. The summed E-state index contributed by atoms with van der Waals surface area (Å²) in [5, 5.41) is 11.9. The van der Waals surface area contributed by atoms with Crippen LogP contribution in [0.1, 0.15) is 12.5 Å². The van der Waals surface area contributed by atoms with Crippen molar-refractivity contribution >= 4 is 45.0 Å². The van der Waals surface area contributed by atoms with Gasteiger partial charge < -0.3 is 5.32 Å². The van der Waals surface area contributed by atoms with Crippen molar-refractivity contribution in [2.45, 2.75) is 25.4 Å². The Morgan fingerprint density at radius 1 is 1.14 bits per heavy atom. The highest BCUT2D eigenvalue weighted by Gasteiger charge is 2.55. The average molecular weight is 456 g/mol. The number of imide groups is 1. The summed E-state index contributed by atoms with van der Waals surface area (Å²) in [5.41, 5.74) is 2.05. The molecule has 2 aromatic rings. The number of halogens is 1. The Morgan fingerprint density at radius 2 is 1.90 bits per heavy atom. The van der Waals surface area contributed by atoms with Gasteiger partial charge in [0.25, 0.3) is 11.8 Å². The van der Waals surface area contributed by atoms with Gasteiger partial charge in [-0.25, -0.2) is 4.90 Å². The molecule has 0 radical (unpaired) electrons. The van der Waals surface area contributed by atoms with Gasteiger partial charge in [0.15, 0.2) is 12.1 Å². The van der Waals surface area contributed by atoms with Crippen LogP contribution < -0.4 is 10.2 Å². The first kappa shape index (κ1) is 19.3. The fourth-order valence-electron chi connectivity index (χ4n) is 3.52. The predicted molar refractivity (Wildman–Crippen MR) is 110 cm³/mol. The number of carbonyl (C=O) groups excluding carboxylic acids is 3. The van der Waals surface area contributed by atoms with E-state index in [1.165, 1.54) is 9.91 Å². The number of hydrogen-bond donors (Lipinski definition) is 1. The SMILES string of the molecule is CCc1cc(Br)ccc1N1C(=O)C2N=NN(CC(=O)Nc3ccccc3)C2C1=O. The number of amides is 3. The Kier molecular flexibility index (Phi) is 5.14. The molecule has 9 heteroatoms. The van der Waals surface area contributed by atoms with Crippen molar-refractivity contribution in [3.8, 4) is 0 Å². The molecule has 1 saturated heterocycles. The minimum atomic E-state index is -0.930. The average Bonchev–Trinajstić information content (AvgIpc) is 3.22. The van der Waals surface area contributed by atoms with Crippen LogP contribution in [0.3, 0.4) is 0 Å². The third-order valence-electron chi connectivity index (χ3n) is 4.88. The van der Waals surface area contributed by atoms with Gasteiger partial charge in [0.05, 0.1) is 5.69 Å². The van der Waals surface area contributed by atoms with Gasteiger partial charge in [0.1, 0.15) is 6.54 Å². The summed E-state index contributed by atoms with van der Waals surface area (Å²) < 4.78 is 0.872. The van der Waals surface area contributed by atoms with Crippen LogP contribution in [0, 0.1) is 0 Å². The van der Waals surface area contributed by atoms with Crippen LogP contribution in [0.25, 0.3) is 0 Å². The standard InChI is InChI=1S/C20H18BrN5O3/c1-2-12-10-13(21)8-9-15(12)26-19(28)17-18(20(26)29)25(24-23-17)11-16(27)22-14-6-4-3-5-7-14/h3-10,17-18H,2,11H2,1H3,(H,22,27). The van der Waals surface area contributed by atoms with Crippen molar-refractivity contribution in [1.82, 2.24) is 5.01 Å². The van der Waals surface area contributed by atoms with Crippen molar-refractivity contribution in [3.05, 3.63) is 58.6 Å². The quantitative estimate of drug-likeness (QED) is 0.701. The van der Waals surface area contributed by atoms with Gasteiger partial charge in [-0.05, 0) is 42.3 Å². The summed E-state index contributed by atoms with van der Waals surface area (Å²) in [5.74, 6) is -1.19. The smallest absolute Gasteiger partial charge is 0.263 e. The first-order valence-corrected chi connectivity index (χ1v) is 9.97. The first-order chi connectivity index (χ1) is 14.0. The lowest BCUT2D eigenvalue weighted by molar-refractivity contribution is -0.123. The molecular weight excluding hydrogens is 438 g/mol. The highest BCUT2D eigenvalue weighted by Crippen LogP contribution is 2.34. The summed E-state index contributed by atoms with van der Waals surface area (Å²) in [7, 11) is 0. The minimum Gasteiger partial charge on any atom is -0.324 e. The van der Waals surface area contributed by atoms with E-state index in [4.69, 9.17) is 0 Å². The number of fused-ring (bicyclic) bond motifs is 1. The summed E-state index contributed by atoms with van der Waals surface area (Å²) in [4.78, 5) is 39.5. The van der Waals surface area contributed by atoms with E-state index in [9.17, 15) is 14.4 Å². The second-order valence-electron chi connectivity index (χ2n) is 6.74. The molecule has 0 bridgehead atoms. The van der Waals surface area contributed by atoms with E-state index in [-0.39, 0.29) is 12.5 Å². The highest BCUT2D eigenvalue weighted by atomic mass is 79.9. The maximum atomic E-state index is 13.1. The molecule has 0 spiro atoms. The first-order valence-electron chi connectivity index (χ1n) is 9.18. The Morgan fingerprint density at radius 3 is 2.62 bits per heavy atom. The summed E-state index contributed by atoms with van der Waals surface area (Å²) >= 11 is 3.41. The molecule has 8 nitrogen and oxygen atoms in total. The van der Waals surface area contributed by atoms with E-state index < -0.39 is 23.9 Å². The van der Waals surface area contributed by atoms with Crippen LogP contribution in [0.2, 0.25) is 0 Å². The molecule has 0 saturated carbocycles. The molecule has 29 heavy (non-hydrogen) atoms. The normalized spacial score (nSPS) is 20.3. The van der Waals surface area contributed by atoms with Gasteiger partial charge in [-0.15, -0.1) is 0 Å². The van der Waals surface area contributed by atoms with Gasteiger partial charge >= 0.3 is 0 Å². The Bertz CT molecular complexity index is 1010. The molecule has 2 aliphatic heterocycles. The van der Waals surface area contributed by atoms with Crippen LogP contribution >= 0.6 is 15.9 Å². The monoisotopic (exact) mass is 455 g/mol. The van der Waals surface area contributed by atoms with Crippen LogP contribution in [-0.2, 0) is 20.8 Å². The van der Waals surface area contributed by atoms with E-state index >= 15 is 0 Å². The summed E-state index contributed by atoms with van der Waals surface area (Å²) in [6.45, 7) is 1.78. The number of hydrogen-bond acceptors (Lipinski definition) is 6. The number of nitrogens with zero attached hydrogens (tertiary/aromatic N) is 4. The summed E-state index contributed by atoms with van der Waals surface area (Å²) in [6, 6.07) is 12.6. The number of benzene rings is 2. The molecule has 148 valence electrons. The topological polar surface area (TPSA) is 94.4 Å². The number of carbonyl (C=O) groups is 3. The molecule has 0 aromatic heterocycles. The lowest BCUT2D eigenvalue weighted by Crippen LogP contribution is -2.43. The fraction of sp³-hybridized carbons (Fsp3) is 0.250. The number of anilines is 2. The number of nitrogens with one attached hydrogen (secondary N) is 1.